The predicted octanol–water partition coefficient (Wildman–Crippen LogP) is 3.64. The van der Waals surface area contributed by atoms with Crippen molar-refractivity contribution < 1.29 is 9.21 Å². The molecule has 0 fully saturated rings. The standard InChI is InChI=1S/C15H9N3O2S/c19-14(9-5-6-10-12(7-9)17-8-16-10)21-15-18-11-3-1-2-4-13(11)20-15/h1-8H,(H,16,17). The van der Waals surface area contributed by atoms with Crippen molar-refractivity contribution in [1.82, 2.24) is 15.0 Å². The van der Waals surface area contributed by atoms with E-state index in [0.717, 1.165) is 28.3 Å². The Morgan fingerprint density at radius 2 is 2.05 bits per heavy atom. The zero-order valence-electron chi connectivity index (χ0n) is 10.7. The van der Waals surface area contributed by atoms with Crippen molar-refractivity contribution in [1.29, 1.82) is 0 Å². The fraction of sp³-hybridized carbons (Fsp3) is 0. The summed E-state index contributed by atoms with van der Waals surface area (Å²) in [5, 5.41) is 0.240. The molecule has 6 heteroatoms. The third-order valence-corrected chi connectivity index (χ3v) is 3.88. The van der Waals surface area contributed by atoms with Gasteiger partial charge in [-0.1, -0.05) is 12.1 Å². The van der Waals surface area contributed by atoms with Gasteiger partial charge >= 0.3 is 0 Å². The number of aromatic amines is 1. The van der Waals surface area contributed by atoms with Crippen LogP contribution >= 0.6 is 11.8 Å². The molecule has 0 aliphatic rings. The van der Waals surface area contributed by atoms with E-state index in [-0.39, 0.29) is 5.12 Å². The van der Waals surface area contributed by atoms with E-state index in [1.165, 1.54) is 0 Å². The number of imidazole rings is 1. The van der Waals surface area contributed by atoms with Gasteiger partial charge in [0.05, 0.1) is 17.4 Å². The number of hydrogen-bond donors (Lipinski definition) is 1. The summed E-state index contributed by atoms with van der Waals surface area (Å²) in [7, 11) is 0. The molecule has 4 aromatic rings. The smallest absolute Gasteiger partial charge is 0.264 e. The maximum absolute atomic E-state index is 12.3. The molecule has 102 valence electrons. The summed E-state index contributed by atoms with van der Waals surface area (Å²) >= 11 is 0.983. The van der Waals surface area contributed by atoms with Gasteiger partial charge in [-0.15, -0.1) is 0 Å². The lowest BCUT2D eigenvalue weighted by molar-refractivity contribution is 0.108. The minimum absolute atomic E-state index is 0.113. The minimum atomic E-state index is -0.113. The van der Waals surface area contributed by atoms with Gasteiger partial charge in [-0.3, -0.25) is 4.79 Å². The molecule has 2 aromatic carbocycles. The lowest BCUT2D eigenvalue weighted by Gasteiger charge is -1.97. The van der Waals surface area contributed by atoms with E-state index >= 15 is 0 Å². The minimum Gasteiger partial charge on any atom is -0.431 e. The first kappa shape index (κ1) is 12.2. The molecule has 2 aromatic heterocycles. The third kappa shape index (κ3) is 2.19. The normalized spacial score (nSPS) is 11.2. The van der Waals surface area contributed by atoms with Crippen LogP contribution in [-0.4, -0.2) is 20.1 Å². The topological polar surface area (TPSA) is 71.8 Å². The number of H-pyrrole nitrogens is 1. The molecule has 0 aliphatic carbocycles. The van der Waals surface area contributed by atoms with Crippen LogP contribution in [0.3, 0.4) is 0 Å². The van der Waals surface area contributed by atoms with E-state index < -0.39 is 0 Å². The quantitative estimate of drug-likeness (QED) is 0.572. The lowest BCUT2D eigenvalue weighted by atomic mass is 10.2. The first-order chi connectivity index (χ1) is 10.3. The number of nitrogens with zero attached hydrogens (tertiary/aromatic N) is 2. The summed E-state index contributed by atoms with van der Waals surface area (Å²) in [6.45, 7) is 0. The molecule has 21 heavy (non-hydrogen) atoms. The first-order valence-corrected chi connectivity index (χ1v) is 7.12. The number of hydrogen-bond acceptors (Lipinski definition) is 5. The van der Waals surface area contributed by atoms with Gasteiger partial charge in [-0.05, 0) is 30.3 Å². The van der Waals surface area contributed by atoms with E-state index in [2.05, 4.69) is 15.0 Å². The Hall–Kier alpha value is -2.60. The number of carbonyl (C=O) groups excluding carboxylic acids is 1. The van der Waals surface area contributed by atoms with Crippen LogP contribution in [-0.2, 0) is 0 Å². The van der Waals surface area contributed by atoms with Crippen LogP contribution in [0.5, 0.6) is 0 Å². The van der Waals surface area contributed by atoms with Gasteiger partial charge in [0.15, 0.2) is 5.58 Å². The van der Waals surface area contributed by atoms with Crippen LogP contribution in [0.25, 0.3) is 22.1 Å². The van der Waals surface area contributed by atoms with Gasteiger partial charge in [0.2, 0.25) is 5.12 Å². The highest BCUT2D eigenvalue weighted by molar-refractivity contribution is 8.14. The van der Waals surface area contributed by atoms with Crippen molar-refractivity contribution in [2.24, 2.45) is 0 Å². The largest absolute Gasteiger partial charge is 0.431 e. The molecule has 0 spiro atoms. The van der Waals surface area contributed by atoms with Gasteiger partial charge in [0.1, 0.15) is 5.52 Å². The van der Waals surface area contributed by atoms with E-state index in [1.54, 1.807) is 18.5 Å². The number of para-hydroxylation sites is 2. The number of benzene rings is 2. The molecule has 0 aliphatic heterocycles. The number of rotatable bonds is 2. The number of thioether (sulfide) groups is 1. The summed E-state index contributed by atoms with van der Waals surface area (Å²) in [6.07, 6.45) is 1.60. The fourth-order valence-electron chi connectivity index (χ4n) is 2.10. The van der Waals surface area contributed by atoms with E-state index in [0.29, 0.717) is 16.4 Å². The maximum atomic E-state index is 12.3. The Morgan fingerprint density at radius 1 is 1.14 bits per heavy atom. The summed E-state index contributed by atoms with van der Waals surface area (Å²) < 4.78 is 5.54. The SMILES string of the molecule is O=C(Sc1nc2ccccc2o1)c1ccc2nc[nH]c2c1. The molecule has 0 saturated heterocycles. The van der Waals surface area contributed by atoms with Crippen molar-refractivity contribution in [2.45, 2.75) is 5.22 Å². The van der Waals surface area contributed by atoms with Crippen LogP contribution in [0.4, 0.5) is 0 Å². The van der Waals surface area contributed by atoms with Gasteiger partial charge < -0.3 is 9.40 Å². The van der Waals surface area contributed by atoms with Crippen molar-refractivity contribution in [2.75, 3.05) is 0 Å². The third-order valence-electron chi connectivity index (χ3n) is 3.11. The number of nitrogens with one attached hydrogen (secondary N) is 1. The van der Waals surface area contributed by atoms with E-state index in [4.69, 9.17) is 4.42 Å². The highest BCUT2D eigenvalue weighted by Crippen LogP contribution is 2.26. The van der Waals surface area contributed by atoms with Gasteiger partial charge in [0.25, 0.3) is 5.22 Å². The number of aromatic nitrogens is 3. The highest BCUT2D eigenvalue weighted by atomic mass is 32.2. The Kier molecular flexibility index (Phi) is 2.75. The molecule has 0 unspecified atom stereocenters. The molecular formula is C15H9N3O2S. The molecule has 0 atom stereocenters. The van der Waals surface area contributed by atoms with E-state index in [1.807, 2.05) is 30.3 Å². The average Bonchev–Trinajstić information content (AvgIpc) is 3.11. The summed E-state index contributed by atoms with van der Waals surface area (Å²) in [5.74, 6) is 0. The summed E-state index contributed by atoms with van der Waals surface area (Å²) in [6, 6.07) is 12.8. The average molecular weight is 295 g/mol. The molecular weight excluding hydrogens is 286 g/mol. The lowest BCUT2D eigenvalue weighted by Crippen LogP contribution is -1.93. The van der Waals surface area contributed by atoms with Crippen LogP contribution in [0.15, 0.2) is 58.4 Å². The van der Waals surface area contributed by atoms with Crippen molar-refractivity contribution >= 4 is 39.0 Å². The van der Waals surface area contributed by atoms with Gasteiger partial charge in [-0.2, -0.15) is 0 Å². The van der Waals surface area contributed by atoms with Crippen LogP contribution < -0.4 is 0 Å². The second-order valence-corrected chi connectivity index (χ2v) is 5.40. The summed E-state index contributed by atoms with van der Waals surface area (Å²) in [4.78, 5) is 23.7. The zero-order chi connectivity index (χ0) is 14.2. The molecule has 0 amide bonds. The maximum Gasteiger partial charge on any atom is 0.264 e. The van der Waals surface area contributed by atoms with Crippen molar-refractivity contribution in [3.8, 4) is 0 Å². The number of carbonyl (C=O) groups is 1. The molecule has 1 N–H and O–H groups in total. The van der Waals surface area contributed by atoms with Crippen LogP contribution in [0.2, 0.25) is 0 Å². The first-order valence-electron chi connectivity index (χ1n) is 6.30. The molecule has 0 bridgehead atoms. The van der Waals surface area contributed by atoms with Crippen LogP contribution in [0.1, 0.15) is 10.4 Å². The molecule has 4 rings (SSSR count). The fourth-order valence-corrected chi connectivity index (χ4v) is 2.77. The van der Waals surface area contributed by atoms with Crippen molar-refractivity contribution in [3.05, 3.63) is 54.4 Å². The zero-order valence-corrected chi connectivity index (χ0v) is 11.6. The number of fused-ring (bicyclic) bond motifs is 2. The van der Waals surface area contributed by atoms with Crippen molar-refractivity contribution in [3.63, 3.8) is 0 Å². The number of oxazole rings is 1. The Morgan fingerprint density at radius 3 is 2.95 bits per heavy atom. The van der Waals surface area contributed by atoms with Gasteiger partial charge in [0, 0.05) is 17.3 Å². The molecule has 0 radical (unpaired) electrons. The van der Waals surface area contributed by atoms with Crippen LogP contribution in [0, 0.1) is 0 Å². The Bertz CT molecular complexity index is 925. The molecule has 0 saturated carbocycles. The van der Waals surface area contributed by atoms with E-state index in [9.17, 15) is 4.79 Å². The van der Waals surface area contributed by atoms with Gasteiger partial charge in [-0.25, -0.2) is 9.97 Å². The Balaban J connectivity index is 1.64. The molecule has 2 heterocycles. The highest BCUT2D eigenvalue weighted by Gasteiger charge is 2.14. The second kappa shape index (κ2) is 4.75. The summed E-state index contributed by atoms with van der Waals surface area (Å²) in [5.41, 5.74) is 3.67. The monoisotopic (exact) mass is 295 g/mol. The molecule has 5 nitrogen and oxygen atoms in total. The second-order valence-electron chi connectivity index (χ2n) is 4.47. The predicted molar refractivity (Wildman–Crippen MR) is 80.3 cm³/mol. The Labute approximate surface area is 123 Å².